The van der Waals surface area contributed by atoms with E-state index in [2.05, 4.69) is 35.4 Å². The van der Waals surface area contributed by atoms with Gasteiger partial charge in [0.25, 0.3) is 0 Å². The van der Waals surface area contributed by atoms with E-state index in [-0.39, 0.29) is 6.04 Å². The van der Waals surface area contributed by atoms with Crippen LogP contribution in [-0.4, -0.2) is 12.1 Å². The van der Waals surface area contributed by atoms with Gasteiger partial charge in [0.05, 0.1) is 18.5 Å². The average molecular weight is 256 g/mol. The van der Waals surface area contributed by atoms with Gasteiger partial charge in [-0.05, 0) is 50.6 Å². The number of methoxy groups -OCH3 is 1. The smallest absolute Gasteiger partial charge is 0.118 e. The van der Waals surface area contributed by atoms with Gasteiger partial charge in [0.15, 0.2) is 0 Å². The molecule has 0 aliphatic heterocycles. The summed E-state index contributed by atoms with van der Waals surface area (Å²) in [6.45, 7) is 6.17. The number of hydrogen-bond donors (Lipinski definition) is 1. The number of hydrogen-bond acceptors (Lipinski definition) is 3. The normalized spacial score (nSPS) is 12.0. The average Bonchev–Trinajstić information content (AvgIpc) is 2.42. The molecule has 0 aliphatic rings. The maximum absolute atomic E-state index is 5.17. The molecule has 1 aromatic carbocycles. The van der Waals surface area contributed by atoms with Crippen LogP contribution in [-0.2, 0) is 0 Å². The number of aryl methyl sites for hydroxylation is 2. The van der Waals surface area contributed by atoms with E-state index in [0.717, 1.165) is 22.8 Å². The highest BCUT2D eigenvalue weighted by molar-refractivity contribution is 5.49. The van der Waals surface area contributed by atoms with Gasteiger partial charge in [0.2, 0.25) is 0 Å². The standard InChI is InChI=1S/C16H20N2O/c1-11-5-10-16(13(3)17-11)18-12(2)14-6-8-15(19-4)9-7-14/h5-10,12,18H,1-4H3. The SMILES string of the molecule is COc1ccc(C(C)Nc2ccc(C)nc2C)cc1. The van der Waals surface area contributed by atoms with E-state index in [0.29, 0.717) is 0 Å². The molecule has 1 N–H and O–H groups in total. The van der Waals surface area contributed by atoms with Crippen molar-refractivity contribution in [2.45, 2.75) is 26.8 Å². The van der Waals surface area contributed by atoms with E-state index in [9.17, 15) is 0 Å². The Morgan fingerprint density at radius 3 is 2.32 bits per heavy atom. The molecule has 0 spiro atoms. The maximum Gasteiger partial charge on any atom is 0.118 e. The van der Waals surface area contributed by atoms with Crippen LogP contribution in [0.1, 0.15) is 29.9 Å². The first-order valence-corrected chi connectivity index (χ1v) is 6.45. The van der Waals surface area contributed by atoms with Crippen LogP contribution in [0.4, 0.5) is 5.69 Å². The van der Waals surface area contributed by atoms with E-state index >= 15 is 0 Å². The van der Waals surface area contributed by atoms with Gasteiger partial charge >= 0.3 is 0 Å². The summed E-state index contributed by atoms with van der Waals surface area (Å²) in [5, 5.41) is 3.49. The van der Waals surface area contributed by atoms with Crippen LogP contribution in [0.25, 0.3) is 0 Å². The summed E-state index contributed by atoms with van der Waals surface area (Å²) in [6.07, 6.45) is 0. The summed E-state index contributed by atoms with van der Waals surface area (Å²) < 4.78 is 5.17. The predicted molar refractivity (Wildman–Crippen MR) is 78.7 cm³/mol. The van der Waals surface area contributed by atoms with Crippen molar-refractivity contribution in [3.8, 4) is 5.75 Å². The third-order valence-corrected chi connectivity index (χ3v) is 3.21. The molecule has 100 valence electrons. The van der Waals surface area contributed by atoms with Crippen molar-refractivity contribution >= 4 is 5.69 Å². The lowest BCUT2D eigenvalue weighted by molar-refractivity contribution is 0.414. The van der Waals surface area contributed by atoms with Gasteiger partial charge in [-0.2, -0.15) is 0 Å². The fourth-order valence-electron chi connectivity index (χ4n) is 2.05. The number of benzene rings is 1. The molecule has 1 aromatic heterocycles. The molecule has 1 atom stereocenters. The van der Waals surface area contributed by atoms with E-state index in [1.54, 1.807) is 7.11 Å². The van der Waals surface area contributed by atoms with Gasteiger partial charge in [-0.15, -0.1) is 0 Å². The second-order valence-corrected chi connectivity index (χ2v) is 4.72. The molecule has 2 rings (SSSR count). The Morgan fingerprint density at radius 1 is 1.05 bits per heavy atom. The first-order valence-electron chi connectivity index (χ1n) is 6.45. The maximum atomic E-state index is 5.17. The van der Waals surface area contributed by atoms with Crippen molar-refractivity contribution in [3.63, 3.8) is 0 Å². The van der Waals surface area contributed by atoms with Gasteiger partial charge in [0.1, 0.15) is 5.75 Å². The van der Waals surface area contributed by atoms with Gasteiger partial charge < -0.3 is 10.1 Å². The van der Waals surface area contributed by atoms with Crippen molar-refractivity contribution in [3.05, 3.63) is 53.3 Å². The number of nitrogens with one attached hydrogen (secondary N) is 1. The summed E-state index contributed by atoms with van der Waals surface area (Å²) in [7, 11) is 1.68. The third kappa shape index (κ3) is 3.25. The molecule has 0 aliphatic carbocycles. The lowest BCUT2D eigenvalue weighted by Gasteiger charge is -2.17. The summed E-state index contributed by atoms with van der Waals surface area (Å²) in [5.74, 6) is 0.879. The lowest BCUT2D eigenvalue weighted by Crippen LogP contribution is -2.08. The lowest BCUT2D eigenvalue weighted by atomic mass is 10.1. The molecule has 0 saturated heterocycles. The van der Waals surface area contributed by atoms with Crippen molar-refractivity contribution < 1.29 is 4.74 Å². The highest BCUT2D eigenvalue weighted by Crippen LogP contribution is 2.23. The van der Waals surface area contributed by atoms with Crippen LogP contribution >= 0.6 is 0 Å². The second-order valence-electron chi connectivity index (χ2n) is 4.72. The van der Waals surface area contributed by atoms with Gasteiger partial charge in [0, 0.05) is 11.7 Å². The monoisotopic (exact) mass is 256 g/mol. The number of pyridine rings is 1. The second kappa shape index (κ2) is 5.74. The van der Waals surface area contributed by atoms with Gasteiger partial charge in [-0.1, -0.05) is 12.1 Å². The van der Waals surface area contributed by atoms with Gasteiger partial charge in [-0.3, -0.25) is 4.98 Å². The number of anilines is 1. The number of nitrogens with zero attached hydrogens (tertiary/aromatic N) is 1. The van der Waals surface area contributed by atoms with Crippen LogP contribution in [0.3, 0.4) is 0 Å². The number of aromatic nitrogens is 1. The van der Waals surface area contributed by atoms with E-state index < -0.39 is 0 Å². The minimum Gasteiger partial charge on any atom is -0.497 e. The molecule has 3 nitrogen and oxygen atoms in total. The van der Waals surface area contributed by atoms with E-state index in [4.69, 9.17) is 4.74 Å². The molecular formula is C16H20N2O. The summed E-state index contributed by atoms with van der Waals surface area (Å²) in [5.41, 5.74) is 4.37. The summed E-state index contributed by atoms with van der Waals surface area (Å²) in [4.78, 5) is 4.47. The fraction of sp³-hybridized carbons (Fsp3) is 0.312. The van der Waals surface area contributed by atoms with Crippen LogP contribution in [0.2, 0.25) is 0 Å². The largest absolute Gasteiger partial charge is 0.497 e. The molecule has 2 aromatic rings. The van der Waals surface area contributed by atoms with E-state index in [1.165, 1.54) is 5.56 Å². The molecule has 1 heterocycles. The molecule has 3 heteroatoms. The van der Waals surface area contributed by atoms with Gasteiger partial charge in [-0.25, -0.2) is 0 Å². The van der Waals surface area contributed by atoms with Crippen LogP contribution < -0.4 is 10.1 Å². The Kier molecular flexibility index (Phi) is 4.05. The Labute approximate surface area is 114 Å². The van der Waals surface area contributed by atoms with Crippen molar-refractivity contribution in [1.29, 1.82) is 0 Å². The Hall–Kier alpha value is -2.03. The van der Waals surface area contributed by atoms with Crippen LogP contribution in [0.15, 0.2) is 36.4 Å². The molecule has 0 amide bonds. The fourth-order valence-corrected chi connectivity index (χ4v) is 2.05. The van der Waals surface area contributed by atoms with Crippen molar-refractivity contribution in [2.75, 3.05) is 12.4 Å². The zero-order valence-corrected chi connectivity index (χ0v) is 11.9. The molecule has 1 unspecified atom stereocenters. The molecule has 0 radical (unpaired) electrons. The third-order valence-electron chi connectivity index (χ3n) is 3.21. The van der Waals surface area contributed by atoms with Crippen molar-refractivity contribution in [2.24, 2.45) is 0 Å². The minimum atomic E-state index is 0.231. The zero-order chi connectivity index (χ0) is 13.8. The topological polar surface area (TPSA) is 34.1 Å². The van der Waals surface area contributed by atoms with E-state index in [1.807, 2.05) is 32.0 Å². The Bertz CT molecular complexity index is 549. The number of rotatable bonds is 4. The summed E-state index contributed by atoms with van der Waals surface area (Å²) in [6, 6.07) is 12.4. The molecular weight excluding hydrogens is 236 g/mol. The van der Waals surface area contributed by atoms with Crippen molar-refractivity contribution in [1.82, 2.24) is 4.98 Å². The summed E-state index contributed by atoms with van der Waals surface area (Å²) >= 11 is 0. The molecule has 19 heavy (non-hydrogen) atoms. The quantitative estimate of drug-likeness (QED) is 0.901. The minimum absolute atomic E-state index is 0.231. The first kappa shape index (κ1) is 13.4. The Morgan fingerprint density at radius 2 is 1.74 bits per heavy atom. The highest BCUT2D eigenvalue weighted by Gasteiger charge is 2.07. The highest BCUT2D eigenvalue weighted by atomic mass is 16.5. The van der Waals surface area contributed by atoms with Crippen LogP contribution in [0.5, 0.6) is 5.75 Å². The zero-order valence-electron chi connectivity index (χ0n) is 11.9. The number of ether oxygens (including phenoxy) is 1. The van der Waals surface area contributed by atoms with Crippen LogP contribution in [0, 0.1) is 13.8 Å². The molecule has 0 saturated carbocycles. The Balaban J connectivity index is 2.13. The molecule has 0 fully saturated rings. The molecule has 0 bridgehead atoms. The first-order chi connectivity index (χ1) is 9.10. The predicted octanol–water partition coefficient (Wildman–Crippen LogP) is 3.88.